The molecule has 0 saturated heterocycles. The number of fused-ring (bicyclic) bond motifs is 1. The Morgan fingerprint density at radius 2 is 1.95 bits per heavy atom. The molecular weight excluding hydrogens is 268 g/mol. The van der Waals surface area contributed by atoms with Crippen LogP contribution in [0.2, 0.25) is 0 Å². The van der Waals surface area contributed by atoms with Gasteiger partial charge in [-0.1, -0.05) is 11.2 Å². The molecule has 112 valence electrons. The highest BCUT2D eigenvalue weighted by molar-refractivity contribution is 5.43. The van der Waals surface area contributed by atoms with Gasteiger partial charge in [0.2, 0.25) is 0 Å². The van der Waals surface area contributed by atoms with Crippen LogP contribution in [0.5, 0.6) is 11.5 Å². The van der Waals surface area contributed by atoms with Crippen molar-refractivity contribution in [3.8, 4) is 11.5 Å². The van der Waals surface area contributed by atoms with E-state index in [1.807, 2.05) is 19.9 Å². The second kappa shape index (κ2) is 6.18. The highest BCUT2D eigenvalue weighted by Crippen LogP contribution is 2.30. The van der Waals surface area contributed by atoms with E-state index in [-0.39, 0.29) is 0 Å². The van der Waals surface area contributed by atoms with Crippen molar-refractivity contribution in [2.45, 2.75) is 26.8 Å². The molecule has 21 heavy (non-hydrogen) atoms. The van der Waals surface area contributed by atoms with Crippen LogP contribution in [0, 0.1) is 13.8 Å². The molecule has 2 aromatic rings. The van der Waals surface area contributed by atoms with Gasteiger partial charge in [0.05, 0.1) is 5.69 Å². The fraction of sp³-hybridized carbons (Fsp3) is 0.438. The predicted octanol–water partition coefficient (Wildman–Crippen LogP) is 2.39. The zero-order valence-corrected chi connectivity index (χ0v) is 12.4. The van der Waals surface area contributed by atoms with Crippen LogP contribution in [-0.2, 0) is 13.0 Å². The molecule has 0 fully saturated rings. The fourth-order valence-electron chi connectivity index (χ4n) is 2.44. The number of nitrogens with zero attached hydrogens (tertiary/aromatic N) is 1. The average Bonchev–Trinajstić information content (AvgIpc) is 2.83. The minimum Gasteiger partial charge on any atom is -0.486 e. The summed E-state index contributed by atoms with van der Waals surface area (Å²) >= 11 is 0. The summed E-state index contributed by atoms with van der Waals surface area (Å²) in [5.74, 6) is 2.58. The van der Waals surface area contributed by atoms with E-state index in [9.17, 15) is 0 Å². The van der Waals surface area contributed by atoms with Gasteiger partial charge < -0.3 is 19.3 Å². The van der Waals surface area contributed by atoms with E-state index in [0.717, 1.165) is 48.0 Å². The van der Waals surface area contributed by atoms with Crippen LogP contribution >= 0.6 is 0 Å². The Morgan fingerprint density at radius 3 is 2.71 bits per heavy atom. The van der Waals surface area contributed by atoms with E-state index < -0.39 is 0 Å². The van der Waals surface area contributed by atoms with Gasteiger partial charge in [0.1, 0.15) is 19.0 Å². The maximum atomic E-state index is 5.59. The summed E-state index contributed by atoms with van der Waals surface area (Å²) in [6, 6.07) is 6.13. The van der Waals surface area contributed by atoms with E-state index in [1.165, 1.54) is 5.56 Å². The zero-order valence-electron chi connectivity index (χ0n) is 12.4. The normalized spacial score (nSPS) is 13.4. The van der Waals surface area contributed by atoms with Gasteiger partial charge in [0.15, 0.2) is 11.5 Å². The van der Waals surface area contributed by atoms with Gasteiger partial charge in [-0.05, 0) is 44.5 Å². The molecule has 0 radical (unpaired) electrons. The van der Waals surface area contributed by atoms with Crippen molar-refractivity contribution < 1.29 is 14.0 Å². The van der Waals surface area contributed by atoms with Crippen LogP contribution in [0.3, 0.4) is 0 Å². The van der Waals surface area contributed by atoms with E-state index in [0.29, 0.717) is 13.2 Å². The second-order valence-electron chi connectivity index (χ2n) is 5.21. The first-order valence-corrected chi connectivity index (χ1v) is 7.25. The van der Waals surface area contributed by atoms with Gasteiger partial charge in [-0.2, -0.15) is 0 Å². The third-order valence-corrected chi connectivity index (χ3v) is 3.68. The zero-order chi connectivity index (χ0) is 14.7. The summed E-state index contributed by atoms with van der Waals surface area (Å²) in [5.41, 5.74) is 3.35. The van der Waals surface area contributed by atoms with Gasteiger partial charge in [-0.15, -0.1) is 0 Å². The Labute approximate surface area is 124 Å². The number of aryl methyl sites for hydroxylation is 2. The number of benzene rings is 1. The summed E-state index contributed by atoms with van der Waals surface area (Å²) in [5, 5.41) is 7.38. The van der Waals surface area contributed by atoms with Crippen molar-refractivity contribution in [1.29, 1.82) is 0 Å². The van der Waals surface area contributed by atoms with Crippen molar-refractivity contribution in [3.05, 3.63) is 40.8 Å². The van der Waals surface area contributed by atoms with Crippen LogP contribution < -0.4 is 14.8 Å². The van der Waals surface area contributed by atoms with Crippen LogP contribution in [0.4, 0.5) is 0 Å². The summed E-state index contributed by atoms with van der Waals surface area (Å²) in [6.45, 7) is 6.84. The number of hydrogen-bond donors (Lipinski definition) is 1. The standard InChI is InChI=1S/C16H20N2O3/c1-11-14(12(2)21-18-11)10-17-6-5-13-3-4-15-16(9-13)20-8-7-19-15/h3-4,9,17H,5-8,10H2,1-2H3. The topological polar surface area (TPSA) is 56.5 Å². The molecule has 0 amide bonds. The monoisotopic (exact) mass is 288 g/mol. The number of nitrogens with one attached hydrogen (secondary N) is 1. The van der Waals surface area contributed by atoms with Crippen molar-refractivity contribution in [3.63, 3.8) is 0 Å². The molecular formula is C16H20N2O3. The molecule has 0 saturated carbocycles. The molecule has 1 N–H and O–H groups in total. The number of hydrogen-bond acceptors (Lipinski definition) is 5. The first kappa shape index (κ1) is 13.9. The first-order chi connectivity index (χ1) is 10.2. The van der Waals surface area contributed by atoms with Crippen LogP contribution in [-0.4, -0.2) is 24.9 Å². The molecule has 2 heterocycles. The fourth-order valence-corrected chi connectivity index (χ4v) is 2.44. The SMILES string of the molecule is Cc1noc(C)c1CNCCc1ccc2c(c1)OCCO2. The molecule has 5 nitrogen and oxygen atoms in total. The van der Waals surface area contributed by atoms with Gasteiger partial charge in [0, 0.05) is 12.1 Å². The minimum atomic E-state index is 0.626. The maximum Gasteiger partial charge on any atom is 0.161 e. The molecule has 0 atom stereocenters. The molecule has 1 aromatic heterocycles. The van der Waals surface area contributed by atoms with E-state index >= 15 is 0 Å². The van der Waals surface area contributed by atoms with Crippen molar-refractivity contribution in [2.75, 3.05) is 19.8 Å². The van der Waals surface area contributed by atoms with E-state index in [4.69, 9.17) is 14.0 Å². The van der Waals surface area contributed by atoms with Crippen molar-refractivity contribution in [2.24, 2.45) is 0 Å². The highest BCUT2D eigenvalue weighted by atomic mass is 16.6. The maximum absolute atomic E-state index is 5.59. The molecule has 5 heteroatoms. The Hall–Kier alpha value is -2.01. The molecule has 1 aliphatic heterocycles. The third-order valence-electron chi connectivity index (χ3n) is 3.68. The lowest BCUT2D eigenvalue weighted by Crippen LogP contribution is -2.18. The van der Waals surface area contributed by atoms with Crippen LogP contribution in [0.25, 0.3) is 0 Å². The van der Waals surface area contributed by atoms with Gasteiger partial charge >= 0.3 is 0 Å². The van der Waals surface area contributed by atoms with Crippen LogP contribution in [0.15, 0.2) is 22.7 Å². The smallest absolute Gasteiger partial charge is 0.161 e. The lowest BCUT2D eigenvalue weighted by atomic mass is 10.1. The van der Waals surface area contributed by atoms with E-state index in [1.54, 1.807) is 0 Å². The quantitative estimate of drug-likeness (QED) is 0.856. The molecule has 0 bridgehead atoms. The molecule has 0 aliphatic carbocycles. The average molecular weight is 288 g/mol. The Balaban J connectivity index is 1.51. The largest absolute Gasteiger partial charge is 0.486 e. The predicted molar refractivity (Wildman–Crippen MR) is 78.8 cm³/mol. The highest BCUT2D eigenvalue weighted by Gasteiger charge is 2.12. The van der Waals surface area contributed by atoms with Gasteiger partial charge in [-0.25, -0.2) is 0 Å². The minimum absolute atomic E-state index is 0.626. The molecule has 1 aliphatic rings. The van der Waals surface area contributed by atoms with Crippen molar-refractivity contribution in [1.82, 2.24) is 10.5 Å². The number of ether oxygens (including phenoxy) is 2. The Kier molecular flexibility index (Phi) is 4.10. The third kappa shape index (κ3) is 3.19. The van der Waals surface area contributed by atoms with Crippen LogP contribution in [0.1, 0.15) is 22.6 Å². The number of rotatable bonds is 5. The van der Waals surface area contributed by atoms with E-state index in [2.05, 4.69) is 22.6 Å². The lowest BCUT2D eigenvalue weighted by Gasteiger charge is -2.18. The molecule has 3 rings (SSSR count). The first-order valence-electron chi connectivity index (χ1n) is 7.25. The van der Waals surface area contributed by atoms with Gasteiger partial charge in [-0.3, -0.25) is 0 Å². The van der Waals surface area contributed by atoms with Gasteiger partial charge in [0.25, 0.3) is 0 Å². The molecule has 1 aromatic carbocycles. The molecule has 0 unspecified atom stereocenters. The molecule has 0 spiro atoms. The summed E-state index contributed by atoms with van der Waals surface area (Å²) in [6.07, 6.45) is 0.944. The van der Waals surface area contributed by atoms with Crippen molar-refractivity contribution >= 4 is 0 Å². The summed E-state index contributed by atoms with van der Waals surface area (Å²) in [7, 11) is 0. The Morgan fingerprint density at radius 1 is 1.14 bits per heavy atom. The number of aromatic nitrogens is 1. The second-order valence-corrected chi connectivity index (χ2v) is 5.21. The summed E-state index contributed by atoms with van der Waals surface area (Å²) < 4.78 is 16.3. The summed E-state index contributed by atoms with van der Waals surface area (Å²) in [4.78, 5) is 0. The Bertz CT molecular complexity index is 602. The lowest BCUT2D eigenvalue weighted by molar-refractivity contribution is 0.171.